The van der Waals surface area contributed by atoms with Crippen LogP contribution in [0.5, 0.6) is 0 Å². The highest BCUT2D eigenvalue weighted by Crippen LogP contribution is 2.31. The van der Waals surface area contributed by atoms with Gasteiger partial charge in [-0.3, -0.25) is 0 Å². The average Bonchev–Trinajstić information content (AvgIpc) is 2.57. The van der Waals surface area contributed by atoms with E-state index in [1.54, 1.807) is 0 Å². The Balaban J connectivity index is 2.07. The number of nitrogens with zero attached hydrogens (tertiary/aromatic N) is 1. The molecule has 0 amide bonds. The van der Waals surface area contributed by atoms with Gasteiger partial charge in [0.05, 0.1) is 0 Å². The largest absolute Gasteiger partial charge is 0.330 e. The summed E-state index contributed by atoms with van der Waals surface area (Å²) >= 11 is 0. The van der Waals surface area contributed by atoms with Crippen LogP contribution in [0.1, 0.15) is 30.7 Å². The third-order valence-electron chi connectivity index (χ3n) is 4.05. The van der Waals surface area contributed by atoms with Crippen LogP contribution < -0.4 is 5.73 Å². The van der Waals surface area contributed by atoms with Gasteiger partial charge in [0.25, 0.3) is 0 Å². The van der Waals surface area contributed by atoms with Crippen LogP contribution in [0.15, 0.2) is 30.3 Å². The molecule has 0 bridgehead atoms. The fourth-order valence-electron chi connectivity index (χ4n) is 2.97. The minimum absolute atomic E-state index is 0.544. The van der Waals surface area contributed by atoms with Crippen LogP contribution in [0.2, 0.25) is 0 Å². The molecular weight excluding hydrogens is 208 g/mol. The number of hydrogen-bond acceptors (Lipinski definition) is 2. The topological polar surface area (TPSA) is 29.3 Å². The van der Waals surface area contributed by atoms with Crippen molar-refractivity contribution >= 4 is 0 Å². The first-order valence-corrected chi connectivity index (χ1v) is 6.75. The first-order valence-electron chi connectivity index (χ1n) is 6.75. The summed E-state index contributed by atoms with van der Waals surface area (Å²) in [6.45, 7) is 3.23. The van der Waals surface area contributed by atoms with E-state index in [4.69, 9.17) is 5.73 Å². The van der Waals surface area contributed by atoms with Crippen molar-refractivity contribution in [3.8, 4) is 0 Å². The molecule has 2 unspecified atom stereocenters. The van der Waals surface area contributed by atoms with Gasteiger partial charge in [-0.2, -0.15) is 0 Å². The molecule has 1 aromatic carbocycles. The summed E-state index contributed by atoms with van der Waals surface area (Å²) in [5.74, 6) is 1.30. The van der Waals surface area contributed by atoms with Crippen LogP contribution in [-0.4, -0.2) is 31.6 Å². The van der Waals surface area contributed by atoms with Crippen molar-refractivity contribution in [2.45, 2.75) is 25.2 Å². The van der Waals surface area contributed by atoms with E-state index >= 15 is 0 Å². The normalized spacial score (nSPS) is 24.2. The highest BCUT2D eigenvalue weighted by atomic mass is 15.1. The summed E-state index contributed by atoms with van der Waals surface area (Å²) < 4.78 is 0. The highest BCUT2D eigenvalue weighted by molar-refractivity contribution is 5.20. The van der Waals surface area contributed by atoms with Gasteiger partial charge in [0, 0.05) is 0 Å². The number of rotatable bonds is 3. The van der Waals surface area contributed by atoms with Gasteiger partial charge in [-0.15, -0.1) is 0 Å². The van der Waals surface area contributed by atoms with Crippen molar-refractivity contribution in [2.24, 2.45) is 11.7 Å². The molecule has 0 radical (unpaired) electrons. The van der Waals surface area contributed by atoms with E-state index in [0.29, 0.717) is 5.92 Å². The van der Waals surface area contributed by atoms with Gasteiger partial charge in [0.15, 0.2) is 0 Å². The summed E-state index contributed by atoms with van der Waals surface area (Å²) in [4.78, 5) is 2.44. The number of nitrogens with two attached hydrogens (primary N) is 1. The van der Waals surface area contributed by atoms with Crippen LogP contribution in [-0.2, 0) is 0 Å². The van der Waals surface area contributed by atoms with Crippen LogP contribution in [0, 0.1) is 5.92 Å². The van der Waals surface area contributed by atoms with E-state index in [1.165, 1.54) is 37.9 Å². The molecule has 2 N–H and O–H groups in total. The van der Waals surface area contributed by atoms with Gasteiger partial charge in [0.1, 0.15) is 0 Å². The minimum Gasteiger partial charge on any atom is -0.330 e. The Morgan fingerprint density at radius 3 is 2.71 bits per heavy atom. The van der Waals surface area contributed by atoms with E-state index in [0.717, 1.165) is 12.5 Å². The van der Waals surface area contributed by atoms with Gasteiger partial charge in [0.2, 0.25) is 0 Å². The fraction of sp³-hybridized carbons (Fsp3) is 0.600. The van der Waals surface area contributed by atoms with E-state index in [1.807, 2.05) is 0 Å². The van der Waals surface area contributed by atoms with Crippen molar-refractivity contribution < 1.29 is 0 Å². The Hall–Kier alpha value is -0.860. The third kappa shape index (κ3) is 3.30. The first kappa shape index (κ1) is 12.6. The third-order valence-corrected chi connectivity index (χ3v) is 4.05. The number of hydrogen-bond donors (Lipinski definition) is 1. The van der Waals surface area contributed by atoms with Crippen LogP contribution >= 0.6 is 0 Å². The molecular formula is C15H24N2. The van der Waals surface area contributed by atoms with Crippen LogP contribution in [0.3, 0.4) is 0 Å². The van der Waals surface area contributed by atoms with Crippen LogP contribution in [0.25, 0.3) is 0 Å². The molecule has 1 aliphatic rings. The second-order valence-electron chi connectivity index (χ2n) is 5.25. The molecule has 2 heteroatoms. The molecule has 1 saturated heterocycles. The maximum Gasteiger partial charge on any atom is -0.000556 e. The molecule has 1 fully saturated rings. The summed E-state index contributed by atoms with van der Waals surface area (Å²) in [6, 6.07) is 10.8. The fourth-order valence-corrected chi connectivity index (χ4v) is 2.97. The first-order chi connectivity index (χ1) is 8.31. The lowest BCUT2D eigenvalue weighted by Gasteiger charge is -2.25. The van der Waals surface area contributed by atoms with Crippen LogP contribution in [0.4, 0.5) is 0 Å². The van der Waals surface area contributed by atoms with Crippen molar-refractivity contribution in [3.05, 3.63) is 35.9 Å². The zero-order valence-corrected chi connectivity index (χ0v) is 10.8. The maximum atomic E-state index is 6.01. The Bertz CT molecular complexity index is 323. The molecule has 2 nitrogen and oxygen atoms in total. The van der Waals surface area contributed by atoms with E-state index in [9.17, 15) is 0 Å². The molecule has 0 aromatic heterocycles. The summed E-state index contributed by atoms with van der Waals surface area (Å²) in [7, 11) is 2.22. The molecule has 0 spiro atoms. The Morgan fingerprint density at radius 1 is 1.24 bits per heavy atom. The van der Waals surface area contributed by atoms with Gasteiger partial charge in [-0.1, -0.05) is 30.3 Å². The smallest absolute Gasteiger partial charge is 0.000556 e. The van der Waals surface area contributed by atoms with Crippen molar-refractivity contribution in [1.29, 1.82) is 0 Å². The van der Waals surface area contributed by atoms with Gasteiger partial charge in [-0.05, 0) is 63.3 Å². The van der Waals surface area contributed by atoms with E-state index in [2.05, 4.69) is 42.3 Å². The predicted molar refractivity (Wildman–Crippen MR) is 73.1 cm³/mol. The van der Waals surface area contributed by atoms with Crippen molar-refractivity contribution in [1.82, 2.24) is 4.90 Å². The zero-order valence-electron chi connectivity index (χ0n) is 10.8. The standard InChI is InChI=1S/C15H24N2/c1-17-10-5-8-14(9-11-17)15(12-16)13-6-3-2-4-7-13/h2-4,6-7,14-15H,5,8-12,16H2,1H3. The summed E-state index contributed by atoms with van der Waals surface area (Å²) in [5, 5.41) is 0. The van der Waals surface area contributed by atoms with E-state index in [-0.39, 0.29) is 0 Å². The molecule has 1 aromatic rings. The average molecular weight is 232 g/mol. The Kier molecular flexibility index (Phi) is 4.57. The molecule has 2 rings (SSSR count). The van der Waals surface area contributed by atoms with Crippen molar-refractivity contribution in [3.63, 3.8) is 0 Å². The predicted octanol–water partition coefficient (Wildman–Crippen LogP) is 2.46. The molecule has 1 aliphatic heterocycles. The maximum absolute atomic E-state index is 6.01. The number of likely N-dealkylation sites (tertiary alicyclic amines) is 1. The lowest BCUT2D eigenvalue weighted by atomic mass is 9.81. The lowest BCUT2D eigenvalue weighted by Crippen LogP contribution is -2.23. The highest BCUT2D eigenvalue weighted by Gasteiger charge is 2.23. The summed E-state index contributed by atoms with van der Waals surface area (Å²) in [6.07, 6.45) is 3.92. The van der Waals surface area contributed by atoms with E-state index < -0.39 is 0 Å². The monoisotopic (exact) mass is 232 g/mol. The molecule has 1 heterocycles. The summed E-state index contributed by atoms with van der Waals surface area (Å²) in [5.41, 5.74) is 7.43. The van der Waals surface area contributed by atoms with Gasteiger partial charge < -0.3 is 10.6 Å². The van der Waals surface area contributed by atoms with Gasteiger partial charge >= 0.3 is 0 Å². The SMILES string of the molecule is CN1CCCC(C(CN)c2ccccc2)CC1. The second-order valence-corrected chi connectivity index (χ2v) is 5.25. The minimum atomic E-state index is 0.544. The molecule has 94 valence electrons. The molecule has 17 heavy (non-hydrogen) atoms. The second kappa shape index (κ2) is 6.18. The zero-order chi connectivity index (χ0) is 12.1. The molecule has 0 saturated carbocycles. The molecule has 2 atom stereocenters. The molecule has 0 aliphatic carbocycles. The Morgan fingerprint density at radius 2 is 2.00 bits per heavy atom. The lowest BCUT2D eigenvalue weighted by molar-refractivity contribution is 0.330. The van der Waals surface area contributed by atoms with Crippen molar-refractivity contribution in [2.75, 3.05) is 26.7 Å². The quantitative estimate of drug-likeness (QED) is 0.867. The number of benzene rings is 1. The van der Waals surface area contributed by atoms with Gasteiger partial charge in [-0.25, -0.2) is 0 Å². The Labute approximate surface area is 105 Å².